The molecule has 0 aromatic rings. The van der Waals surface area contributed by atoms with Crippen LogP contribution in [0.2, 0.25) is 0 Å². The maximum absolute atomic E-state index is 10.6. The molecule has 0 heterocycles. The third-order valence-electron chi connectivity index (χ3n) is 0.815. The van der Waals surface area contributed by atoms with E-state index >= 15 is 0 Å². The molecule has 0 spiro atoms. The van der Waals surface area contributed by atoms with E-state index in [1.54, 1.807) is 6.92 Å². The largest absolute Gasteiger partial charge is 0.750 e. The Labute approximate surface area is 77.5 Å². The predicted octanol–water partition coefficient (Wildman–Crippen LogP) is 0.315. The van der Waals surface area contributed by atoms with E-state index in [9.17, 15) is 13.6 Å². The van der Waals surface area contributed by atoms with Gasteiger partial charge in [0.25, 0.3) is 0 Å². The molecule has 0 saturated heterocycles. The van der Waals surface area contributed by atoms with Gasteiger partial charge in [-0.2, -0.15) is 0 Å². The summed E-state index contributed by atoms with van der Waals surface area (Å²) >= 11 is 2.58. The first-order valence-corrected chi connectivity index (χ1v) is 4.56. The van der Waals surface area contributed by atoms with Crippen LogP contribution in [0.5, 0.6) is 0 Å². The third kappa shape index (κ3) is 6.53. The van der Waals surface area contributed by atoms with E-state index in [2.05, 4.69) is 8.92 Å². The molecule has 0 amide bonds. The number of rotatable bonds is 5. The van der Waals surface area contributed by atoms with Gasteiger partial charge in [-0.05, 0) is 6.92 Å². The van der Waals surface area contributed by atoms with E-state index in [0.29, 0.717) is 0 Å². The Morgan fingerprint density at radius 1 is 1.75 bits per heavy atom. The highest BCUT2D eigenvalue weighted by Gasteiger charge is 2.12. The fraction of sp³-hybridized carbons (Fsp3) is 0.800. The van der Waals surface area contributed by atoms with Crippen LogP contribution in [0.15, 0.2) is 0 Å². The Balaban J connectivity index is 3.61. The van der Waals surface area contributed by atoms with Gasteiger partial charge in [0.15, 0.2) is 5.56 Å². The number of halogens is 1. The van der Waals surface area contributed by atoms with E-state index < -0.39 is 22.9 Å². The average molecular weight is 216 g/mol. The van der Waals surface area contributed by atoms with E-state index in [-0.39, 0.29) is 13.0 Å². The van der Waals surface area contributed by atoms with Gasteiger partial charge in [-0.3, -0.25) is 8.98 Å². The van der Waals surface area contributed by atoms with Crippen molar-refractivity contribution in [2.75, 3.05) is 6.61 Å². The lowest BCUT2D eigenvalue weighted by Gasteiger charge is -2.10. The monoisotopic (exact) mass is 215 g/mol. The quantitative estimate of drug-likeness (QED) is 0.375. The summed E-state index contributed by atoms with van der Waals surface area (Å²) < 4.78 is 28.3. The van der Waals surface area contributed by atoms with Gasteiger partial charge in [-0.1, -0.05) is 11.6 Å². The summed E-state index contributed by atoms with van der Waals surface area (Å²) in [6, 6.07) is 0. The smallest absolute Gasteiger partial charge is 0.309 e. The van der Waals surface area contributed by atoms with Crippen LogP contribution in [-0.2, 0) is 25.1 Å². The van der Waals surface area contributed by atoms with E-state index in [4.69, 9.17) is 11.6 Å². The van der Waals surface area contributed by atoms with E-state index in [0.717, 1.165) is 0 Å². The molecule has 0 radical (unpaired) electrons. The van der Waals surface area contributed by atoms with Gasteiger partial charge in [0.1, 0.15) is 0 Å². The fourth-order valence-corrected chi connectivity index (χ4v) is 1.01. The average Bonchev–Trinajstić information content (AvgIpc) is 1.84. The first-order chi connectivity index (χ1) is 5.56. The summed E-state index contributed by atoms with van der Waals surface area (Å²) in [7, 11) is 0. The molecule has 72 valence electrons. The highest BCUT2D eigenvalue weighted by molar-refractivity contribution is 7.74. The summed E-state index contributed by atoms with van der Waals surface area (Å²) in [4.78, 5) is 10.6. The Hall–Kier alpha value is -0.170. The molecule has 2 unspecified atom stereocenters. The van der Waals surface area contributed by atoms with E-state index in [1.165, 1.54) is 0 Å². The van der Waals surface area contributed by atoms with Gasteiger partial charge in [-0.15, -0.1) is 0 Å². The van der Waals surface area contributed by atoms with Crippen LogP contribution >= 0.6 is 11.6 Å². The van der Waals surface area contributed by atoms with Crippen molar-refractivity contribution in [1.82, 2.24) is 0 Å². The number of hydrogen-bond acceptors (Lipinski definition) is 5. The number of carbonyl (C=O) groups is 1. The summed E-state index contributed by atoms with van der Waals surface area (Å²) in [5.74, 6) is -0.594. The van der Waals surface area contributed by atoms with E-state index in [1.807, 2.05) is 0 Å². The Bertz CT molecular complexity index is 173. The minimum absolute atomic E-state index is 0.225. The molecule has 7 heteroatoms. The second-order valence-corrected chi connectivity index (χ2v) is 2.81. The Morgan fingerprint density at radius 3 is 2.75 bits per heavy atom. The van der Waals surface area contributed by atoms with Crippen LogP contribution in [-0.4, -0.2) is 26.9 Å². The Morgan fingerprint density at radius 2 is 2.33 bits per heavy atom. The highest BCUT2D eigenvalue weighted by atomic mass is 35.5. The maximum Gasteiger partial charge on any atom is 0.309 e. The van der Waals surface area contributed by atoms with Crippen molar-refractivity contribution in [1.29, 1.82) is 0 Å². The topological polar surface area (TPSA) is 75.7 Å². The lowest BCUT2D eigenvalue weighted by atomic mass is 10.5. The molecule has 0 rings (SSSR count). The van der Waals surface area contributed by atoms with Crippen molar-refractivity contribution in [3.63, 3.8) is 0 Å². The lowest BCUT2D eigenvalue weighted by molar-refractivity contribution is -0.144. The molecule has 5 nitrogen and oxygen atoms in total. The van der Waals surface area contributed by atoms with Crippen LogP contribution in [0.3, 0.4) is 0 Å². The molecular weight excluding hydrogens is 208 g/mol. The molecular formula is C5H8ClO5S-. The number of esters is 1. The molecule has 0 aliphatic heterocycles. The zero-order valence-electron chi connectivity index (χ0n) is 6.32. The summed E-state index contributed by atoms with van der Waals surface area (Å²) in [6.45, 7) is 1.86. The second-order valence-electron chi connectivity index (χ2n) is 1.72. The maximum atomic E-state index is 10.6. The van der Waals surface area contributed by atoms with Crippen molar-refractivity contribution >= 4 is 28.9 Å². The van der Waals surface area contributed by atoms with Crippen LogP contribution in [0, 0.1) is 0 Å². The van der Waals surface area contributed by atoms with Crippen molar-refractivity contribution in [2.45, 2.75) is 18.9 Å². The third-order valence-corrected chi connectivity index (χ3v) is 1.55. The van der Waals surface area contributed by atoms with Crippen molar-refractivity contribution in [3.8, 4) is 0 Å². The molecule has 12 heavy (non-hydrogen) atoms. The van der Waals surface area contributed by atoms with Crippen LogP contribution in [0.25, 0.3) is 0 Å². The normalized spacial score (nSPS) is 15.2. The lowest BCUT2D eigenvalue weighted by Crippen LogP contribution is -2.15. The zero-order chi connectivity index (χ0) is 9.56. The van der Waals surface area contributed by atoms with Crippen LogP contribution in [0.4, 0.5) is 0 Å². The van der Waals surface area contributed by atoms with Gasteiger partial charge in [0, 0.05) is 0 Å². The van der Waals surface area contributed by atoms with Gasteiger partial charge in [0.05, 0.1) is 24.4 Å². The zero-order valence-corrected chi connectivity index (χ0v) is 7.89. The number of carbonyl (C=O) groups excluding carboxylic acids is 1. The highest BCUT2D eigenvalue weighted by Crippen LogP contribution is 2.06. The molecule has 0 aliphatic rings. The van der Waals surface area contributed by atoms with Gasteiger partial charge in [-0.25, -0.2) is 4.21 Å². The van der Waals surface area contributed by atoms with Crippen LogP contribution < -0.4 is 0 Å². The minimum Gasteiger partial charge on any atom is -0.750 e. The van der Waals surface area contributed by atoms with Gasteiger partial charge in [0.2, 0.25) is 0 Å². The molecule has 2 atom stereocenters. The molecule has 0 N–H and O–H groups in total. The van der Waals surface area contributed by atoms with Crippen LogP contribution in [0.1, 0.15) is 13.3 Å². The van der Waals surface area contributed by atoms with Gasteiger partial charge < -0.3 is 9.29 Å². The molecule has 0 aromatic heterocycles. The summed E-state index contributed by atoms with van der Waals surface area (Å²) in [6.07, 6.45) is -0.288. The van der Waals surface area contributed by atoms with Gasteiger partial charge >= 0.3 is 5.97 Å². The minimum atomic E-state index is -2.71. The van der Waals surface area contributed by atoms with Crippen molar-refractivity contribution < 1.29 is 22.5 Å². The van der Waals surface area contributed by atoms with Crippen molar-refractivity contribution in [3.05, 3.63) is 0 Å². The first kappa shape index (κ1) is 11.8. The fourth-order valence-electron chi connectivity index (χ4n) is 0.470. The summed E-state index contributed by atoms with van der Waals surface area (Å²) in [5.41, 5.74) is -1.19. The molecule has 0 bridgehead atoms. The van der Waals surface area contributed by atoms with Crippen molar-refractivity contribution in [2.24, 2.45) is 0 Å². The molecule has 0 fully saturated rings. The second kappa shape index (κ2) is 6.36. The number of alkyl halides is 1. The number of hydrogen-bond donors (Lipinski definition) is 0. The Kier molecular flexibility index (Phi) is 6.27. The predicted molar refractivity (Wildman–Crippen MR) is 40.9 cm³/mol. The number of ether oxygens (including phenoxy) is 1. The summed E-state index contributed by atoms with van der Waals surface area (Å²) in [5, 5.41) is 0. The standard InChI is InChI=1S/C5H9ClO5S/c1-2-10-5(7)3-4(6)11-12(8)9/h4H,2-3H2,1H3,(H,8,9)/p-1. The SMILES string of the molecule is CCOC(=O)CC(Cl)OS(=O)[O-]. The first-order valence-electron chi connectivity index (χ1n) is 3.12. The molecule has 0 aromatic carbocycles. The molecule has 0 aliphatic carbocycles. The molecule has 0 saturated carbocycles.